The van der Waals surface area contributed by atoms with Crippen molar-refractivity contribution in [3.05, 3.63) is 29.8 Å². The number of sulfone groups is 1. The number of nitrogens with one attached hydrogen (secondary N) is 1. The van der Waals surface area contributed by atoms with Gasteiger partial charge in [-0.1, -0.05) is 17.7 Å². The number of aryl methyl sites for hydroxylation is 1. The highest BCUT2D eigenvalue weighted by Gasteiger charge is 2.12. The van der Waals surface area contributed by atoms with E-state index in [1.807, 2.05) is 19.1 Å². The molecule has 0 aliphatic carbocycles. The van der Waals surface area contributed by atoms with E-state index in [-0.39, 0.29) is 5.75 Å². The minimum atomic E-state index is -3.17. The molecule has 0 unspecified atom stereocenters. The standard InChI is InChI=1S/C12H19NO3S/c1-11-3-5-12(6-4-11)17(14,15)10-8-13-7-9-16-2/h3-6,13H,7-10H2,1-2H3. The normalized spacial score (nSPS) is 11.6. The van der Waals surface area contributed by atoms with E-state index in [1.54, 1.807) is 19.2 Å². The van der Waals surface area contributed by atoms with Crippen molar-refractivity contribution in [2.45, 2.75) is 11.8 Å². The maximum Gasteiger partial charge on any atom is 0.179 e. The lowest BCUT2D eigenvalue weighted by atomic mass is 10.2. The van der Waals surface area contributed by atoms with Crippen molar-refractivity contribution in [1.82, 2.24) is 5.32 Å². The van der Waals surface area contributed by atoms with Crippen LogP contribution in [0.4, 0.5) is 0 Å². The van der Waals surface area contributed by atoms with Crippen LogP contribution in [0.3, 0.4) is 0 Å². The molecule has 0 radical (unpaired) electrons. The number of hydrogen-bond donors (Lipinski definition) is 1. The number of methoxy groups -OCH3 is 1. The Morgan fingerprint density at radius 2 is 1.82 bits per heavy atom. The highest BCUT2D eigenvalue weighted by molar-refractivity contribution is 7.91. The maximum atomic E-state index is 11.9. The molecule has 0 aliphatic heterocycles. The molecule has 0 heterocycles. The molecule has 0 fully saturated rings. The molecule has 0 atom stereocenters. The van der Waals surface area contributed by atoms with Gasteiger partial charge in [-0.2, -0.15) is 0 Å². The molecule has 0 saturated carbocycles. The number of ether oxygens (including phenoxy) is 1. The van der Waals surface area contributed by atoms with Crippen molar-refractivity contribution in [2.24, 2.45) is 0 Å². The van der Waals surface area contributed by atoms with Crippen LogP contribution in [0.5, 0.6) is 0 Å². The Bertz CT molecular complexity index is 426. The van der Waals surface area contributed by atoms with Crippen LogP contribution in [-0.4, -0.2) is 41.0 Å². The highest BCUT2D eigenvalue weighted by atomic mass is 32.2. The molecule has 0 saturated heterocycles. The SMILES string of the molecule is COCCNCCS(=O)(=O)c1ccc(C)cc1. The zero-order chi connectivity index (χ0) is 12.7. The molecule has 17 heavy (non-hydrogen) atoms. The number of rotatable bonds is 7. The zero-order valence-corrected chi connectivity index (χ0v) is 11.1. The fraction of sp³-hybridized carbons (Fsp3) is 0.500. The van der Waals surface area contributed by atoms with Crippen molar-refractivity contribution in [2.75, 3.05) is 32.6 Å². The van der Waals surface area contributed by atoms with E-state index in [2.05, 4.69) is 5.32 Å². The van der Waals surface area contributed by atoms with Crippen LogP contribution < -0.4 is 5.32 Å². The summed E-state index contributed by atoms with van der Waals surface area (Å²) in [5, 5.41) is 3.02. The summed E-state index contributed by atoms with van der Waals surface area (Å²) in [6, 6.07) is 6.93. The first-order chi connectivity index (χ1) is 8.06. The fourth-order valence-electron chi connectivity index (χ4n) is 1.37. The summed E-state index contributed by atoms with van der Waals surface area (Å²) >= 11 is 0. The van der Waals surface area contributed by atoms with E-state index >= 15 is 0 Å². The van der Waals surface area contributed by atoms with Gasteiger partial charge in [0.05, 0.1) is 17.3 Å². The number of hydrogen-bond acceptors (Lipinski definition) is 4. The molecular weight excluding hydrogens is 238 g/mol. The Labute approximate surface area is 103 Å². The second-order valence-electron chi connectivity index (χ2n) is 3.87. The van der Waals surface area contributed by atoms with Gasteiger partial charge in [0.2, 0.25) is 0 Å². The molecule has 96 valence electrons. The number of benzene rings is 1. The molecule has 1 rings (SSSR count). The smallest absolute Gasteiger partial charge is 0.179 e. The summed E-state index contributed by atoms with van der Waals surface area (Å²) in [7, 11) is -1.55. The first-order valence-electron chi connectivity index (χ1n) is 5.55. The minimum absolute atomic E-state index is 0.111. The summed E-state index contributed by atoms with van der Waals surface area (Å²) in [6.45, 7) is 3.63. The lowest BCUT2D eigenvalue weighted by Gasteiger charge is -2.06. The first kappa shape index (κ1) is 14.2. The van der Waals surface area contributed by atoms with Crippen LogP contribution in [0.15, 0.2) is 29.2 Å². The summed E-state index contributed by atoms with van der Waals surface area (Å²) in [6.07, 6.45) is 0. The van der Waals surface area contributed by atoms with Gasteiger partial charge in [0.25, 0.3) is 0 Å². The monoisotopic (exact) mass is 257 g/mol. The van der Waals surface area contributed by atoms with E-state index < -0.39 is 9.84 Å². The average molecular weight is 257 g/mol. The van der Waals surface area contributed by atoms with Crippen LogP contribution in [0.2, 0.25) is 0 Å². The Morgan fingerprint density at radius 3 is 2.41 bits per heavy atom. The molecular formula is C12H19NO3S. The van der Waals surface area contributed by atoms with Crippen LogP contribution in [0.25, 0.3) is 0 Å². The molecule has 0 bridgehead atoms. The van der Waals surface area contributed by atoms with E-state index in [9.17, 15) is 8.42 Å². The van der Waals surface area contributed by atoms with Crippen LogP contribution >= 0.6 is 0 Å². The molecule has 0 aromatic heterocycles. The van der Waals surface area contributed by atoms with Crippen molar-refractivity contribution in [3.63, 3.8) is 0 Å². The molecule has 5 heteroatoms. The van der Waals surface area contributed by atoms with E-state index in [4.69, 9.17) is 4.74 Å². The molecule has 4 nitrogen and oxygen atoms in total. The molecule has 1 N–H and O–H groups in total. The lowest BCUT2D eigenvalue weighted by molar-refractivity contribution is 0.200. The quantitative estimate of drug-likeness (QED) is 0.741. The predicted octanol–water partition coefficient (Wildman–Crippen LogP) is 1.00. The fourth-order valence-corrected chi connectivity index (χ4v) is 2.57. The van der Waals surface area contributed by atoms with Crippen LogP contribution in [-0.2, 0) is 14.6 Å². The van der Waals surface area contributed by atoms with Gasteiger partial charge in [0.15, 0.2) is 9.84 Å². The minimum Gasteiger partial charge on any atom is -0.383 e. The summed E-state index contributed by atoms with van der Waals surface area (Å²) in [5.74, 6) is 0.111. The third kappa shape index (κ3) is 4.85. The van der Waals surface area contributed by atoms with Crippen LogP contribution in [0.1, 0.15) is 5.56 Å². The van der Waals surface area contributed by atoms with Gasteiger partial charge < -0.3 is 10.1 Å². The van der Waals surface area contributed by atoms with Crippen molar-refractivity contribution in [3.8, 4) is 0 Å². The maximum absolute atomic E-state index is 11.9. The van der Waals surface area contributed by atoms with Gasteiger partial charge in [-0.05, 0) is 19.1 Å². The van der Waals surface area contributed by atoms with Crippen molar-refractivity contribution < 1.29 is 13.2 Å². The summed E-state index contributed by atoms with van der Waals surface area (Å²) in [4.78, 5) is 0.386. The van der Waals surface area contributed by atoms with E-state index in [0.29, 0.717) is 24.6 Å². The van der Waals surface area contributed by atoms with E-state index in [0.717, 1.165) is 5.56 Å². The highest BCUT2D eigenvalue weighted by Crippen LogP contribution is 2.11. The van der Waals surface area contributed by atoms with Gasteiger partial charge in [-0.25, -0.2) is 8.42 Å². The third-order valence-electron chi connectivity index (χ3n) is 2.41. The van der Waals surface area contributed by atoms with Crippen molar-refractivity contribution in [1.29, 1.82) is 0 Å². The van der Waals surface area contributed by atoms with E-state index in [1.165, 1.54) is 0 Å². The average Bonchev–Trinajstić information content (AvgIpc) is 2.29. The molecule has 1 aromatic carbocycles. The summed E-state index contributed by atoms with van der Waals surface area (Å²) in [5.41, 5.74) is 1.06. The zero-order valence-electron chi connectivity index (χ0n) is 10.3. The third-order valence-corrected chi connectivity index (χ3v) is 4.14. The van der Waals surface area contributed by atoms with Gasteiger partial charge in [-0.15, -0.1) is 0 Å². The molecule has 0 amide bonds. The first-order valence-corrected chi connectivity index (χ1v) is 7.20. The second kappa shape index (κ2) is 6.74. The van der Waals surface area contributed by atoms with Gasteiger partial charge >= 0.3 is 0 Å². The predicted molar refractivity (Wildman–Crippen MR) is 68.0 cm³/mol. The Kier molecular flexibility index (Phi) is 5.61. The van der Waals surface area contributed by atoms with Crippen molar-refractivity contribution >= 4 is 9.84 Å². The molecule has 0 spiro atoms. The lowest BCUT2D eigenvalue weighted by Crippen LogP contribution is -2.26. The Hall–Kier alpha value is -0.910. The Morgan fingerprint density at radius 1 is 1.18 bits per heavy atom. The van der Waals surface area contributed by atoms with Gasteiger partial charge in [-0.3, -0.25) is 0 Å². The molecule has 0 aliphatic rings. The Balaban J connectivity index is 2.48. The largest absolute Gasteiger partial charge is 0.383 e. The van der Waals surface area contributed by atoms with Gasteiger partial charge in [0, 0.05) is 20.2 Å². The second-order valence-corrected chi connectivity index (χ2v) is 5.98. The summed E-state index contributed by atoms with van der Waals surface area (Å²) < 4.78 is 28.7. The molecule has 1 aromatic rings. The van der Waals surface area contributed by atoms with Crippen LogP contribution in [0, 0.1) is 6.92 Å². The van der Waals surface area contributed by atoms with Gasteiger partial charge in [0.1, 0.15) is 0 Å². The topological polar surface area (TPSA) is 55.4 Å².